The van der Waals surface area contributed by atoms with Crippen LogP contribution in [0.25, 0.3) is 22.4 Å². The fraction of sp³-hybridized carbons (Fsp3) is 0.188. The number of imidazole rings is 1. The molecule has 1 aromatic heterocycles. The fourth-order valence-corrected chi connectivity index (χ4v) is 3.09. The van der Waals surface area contributed by atoms with Crippen LogP contribution in [0.15, 0.2) is 40.9 Å². The van der Waals surface area contributed by atoms with Crippen molar-refractivity contribution in [2.45, 2.75) is 13.5 Å². The van der Waals surface area contributed by atoms with Gasteiger partial charge in [-0.2, -0.15) is 0 Å². The van der Waals surface area contributed by atoms with Crippen LogP contribution >= 0.6 is 15.9 Å². The zero-order valence-electron chi connectivity index (χ0n) is 11.5. The Morgan fingerprint density at radius 3 is 2.70 bits per heavy atom. The molecule has 0 spiro atoms. The van der Waals surface area contributed by atoms with E-state index in [0.717, 1.165) is 32.5 Å². The summed E-state index contributed by atoms with van der Waals surface area (Å²) in [5.74, 6) is 0.959. The van der Waals surface area contributed by atoms with E-state index in [0.29, 0.717) is 6.54 Å². The van der Waals surface area contributed by atoms with E-state index in [1.54, 1.807) is 0 Å². The molecule has 0 amide bonds. The SMILES string of the molecule is Cc1ccc(-c2nc3cc(CN)ccc3n2C)c(Br)c1. The molecule has 102 valence electrons. The van der Waals surface area contributed by atoms with Crippen LogP contribution in [-0.2, 0) is 13.6 Å². The molecule has 0 aliphatic carbocycles. The molecule has 3 nitrogen and oxygen atoms in total. The van der Waals surface area contributed by atoms with E-state index in [2.05, 4.69) is 63.8 Å². The van der Waals surface area contributed by atoms with E-state index in [1.165, 1.54) is 5.56 Å². The predicted molar refractivity (Wildman–Crippen MR) is 86.5 cm³/mol. The number of fused-ring (bicyclic) bond motifs is 1. The molecular weight excluding hydrogens is 314 g/mol. The number of aryl methyl sites for hydroxylation is 2. The van der Waals surface area contributed by atoms with Crippen LogP contribution < -0.4 is 5.73 Å². The minimum absolute atomic E-state index is 0.538. The molecule has 20 heavy (non-hydrogen) atoms. The van der Waals surface area contributed by atoms with Gasteiger partial charge in [0.25, 0.3) is 0 Å². The summed E-state index contributed by atoms with van der Waals surface area (Å²) in [4.78, 5) is 4.76. The molecule has 4 heteroatoms. The summed E-state index contributed by atoms with van der Waals surface area (Å²) in [5.41, 5.74) is 11.2. The number of hydrogen-bond acceptors (Lipinski definition) is 2. The first-order valence-electron chi connectivity index (χ1n) is 6.52. The lowest BCUT2D eigenvalue weighted by atomic mass is 10.1. The number of benzene rings is 2. The molecule has 0 bridgehead atoms. The lowest BCUT2D eigenvalue weighted by Gasteiger charge is -2.06. The van der Waals surface area contributed by atoms with Gasteiger partial charge in [0, 0.05) is 23.6 Å². The van der Waals surface area contributed by atoms with Gasteiger partial charge in [-0.15, -0.1) is 0 Å². The number of aromatic nitrogens is 2. The van der Waals surface area contributed by atoms with Gasteiger partial charge in [-0.25, -0.2) is 4.98 Å². The minimum Gasteiger partial charge on any atom is -0.327 e. The standard InChI is InChI=1S/C16H16BrN3/c1-10-3-5-12(13(17)7-10)16-19-14-8-11(9-18)4-6-15(14)20(16)2/h3-8H,9,18H2,1-2H3. The van der Waals surface area contributed by atoms with Gasteiger partial charge in [-0.1, -0.05) is 28.1 Å². The molecule has 0 saturated heterocycles. The van der Waals surface area contributed by atoms with Gasteiger partial charge < -0.3 is 10.3 Å². The van der Waals surface area contributed by atoms with Crippen molar-refractivity contribution in [3.05, 3.63) is 52.0 Å². The molecule has 2 N–H and O–H groups in total. The maximum Gasteiger partial charge on any atom is 0.142 e. The summed E-state index contributed by atoms with van der Waals surface area (Å²) >= 11 is 3.63. The third kappa shape index (κ3) is 2.15. The maximum absolute atomic E-state index is 5.70. The number of hydrogen-bond donors (Lipinski definition) is 1. The fourth-order valence-electron chi connectivity index (χ4n) is 2.41. The summed E-state index contributed by atoms with van der Waals surface area (Å²) in [5, 5.41) is 0. The third-order valence-electron chi connectivity index (χ3n) is 3.55. The van der Waals surface area contributed by atoms with Crippen molar-refractivity contribution in [3.8, 4) is 11.4 Å². The van der Waals surface area contributed by atoms with E-state index in [1.807, 2.05) is 7.05 Å². The van der Waals surface area contributed by atoms with Gasteiger partial charge in [0.05, 0.1) is 11.0 Å². The summed E-state index contributed by atoms with van der Waals surface area (Å²) < 4.78 is 3.18. The van der Waals surface area contributed by atoms with Crippen molar-refractivity contribution in [1.82, 2.24) is 9.55 Å². The van der Waals surface area contributed by atoms with Crippen LogP contribution in [0.1, 0.15) is 11.1 Å². The summed E-state index contributed by atoms with van der Waals surface area (Å²) in [6.45, 7) is 2.62. The maximum atomic E-state index is 5.70. The van der Waals surface area contributed by atoms with Crippen molar-refractivity contribution >= 4 is 27.0 Å². The van der Waals surface area contributed by atoms with E-state index in [4.69, 9.17) is 10.7 Å². The normalized spacial score (nSPS) is 11.2. The van der Waals surface area contributed by atoms with Crippen molar-refractivity contribution in [1.29, 1.82) is 0 Å². The first-order chi connectivity index (χ1) is 9.60. The lowest BCUT2D eigenvalue weighted by molar-refractivity contribution is 0.958. The predicted octanol–water partition coefficient (Wildman–Crippen LogP) is 3.77. The molecule has 2 aromatic carbocycles. The molecule has 1 heterocycles. The zero-order chi connectivity index (χ0) is 14.3. The molecule has 0 unspecified atom stereocenters. The second-order valence-electron chi connectivity index (χ2n) is 5.00. The summed E-state index contributed by atoms with van der Waals surface area (Å²) in [6.07, 6.45) is 0. The molecule has 0 saturated carbocycles. The van der Waals surface area contributed by atoms with Crippen LogP contribution in [0.3, 0.4) is 0 Å². The molecule has 0 radical (unpaired) electrons. The highest BCUT2D eigenvalue weighted by Gasteiger charge is 2.12. The van der Waals surface area contributed by atoms with Gasteiger partial charge in [-0.05, 0) is 42.3 Å². The number of nitrogens with two attached hydrogens (primary N) is 1. The number of nitrogens with zero attached hydrogens (tertiary/aromatic N) is 2. The largest absolute Gasteiger partial charge is 0.327 e. The molecule has 0 aliphatic rings. The highest BCUT2D eigenvalue weighted by molar-refractivity contribution is 9.10. The van der Waals surface area contributed by atoms with Gasteiger partial charge in [0.2, 0.25) is 0 Å². The first-order valence-corrected chi connectivity index (χ1v) is 7.31. The Morgan fingerprint density at radius 2 is 2.00 bits per heavy atom. The second-order valence-corrected chi connectivity index (χ2v) is 5.86. The Bertz CT molecular complexity index is 790. The highest BCUT2D eigenvalue weighted by atomic mass is 79.9. The van der Waals surface area contributed by atoms with E-state index >= 15 is 0 Å². The molecule has 3 rings (SSSR count). The highest BCUT2D eigenvalue weighted by Crippen LogP contribution is 2.30. The van der Waals surface area contributed by atoms with Crippen molar-refractivity contribution < 1.29 is 0 Å². The van der Waals surface area contributed by atoms with Crippen molar-refractivity contribution in [2.75, 3.05) is 0 Å². The van der Waals surface area contributed by atoms with Gasteiger partial charge in [-0.3, -0.25) is 0 Å². The Labute approximate surface area is 126 Å². The Balaban J connectivity index is 2.23. The first kappa shape index (κ1) is 13.3. The second kappa shape index (κ2) is 5.04. The molecule has 3 aromatic rings. The van der Waals surface area contributed by atoms with Crippen LogP contribution in [0.5, 0.6) is 0 Å². The quantitative estimate of drug-likeness (QED) is 0.777. The Kier molecular flexibility index (Phi) is 3.36. The average Bonchev–Trinajstić information content (AvgIpc) is 2.75. The van der Waals surface area contributed by atoms with Gasteiger partial charge in [0.1, 0.15) is 5.82 Å². The van der Waals surface area contributed by atoms with Crippen LogP contribution in [0, 0.1) is 6.92 Å². The van der Waals surface area contributed by atoms with Crippen LogP contribution in [-0.4, -0.2) is 9.55 Å². The molecule has 0 fully saturated rings. The van der Waals surface area contributed by atoms with Crippen molar-refractivity contribution in [3.63, 3.8) is 0 Å². The van der Waals surface area contributed by atoms with Gasteiger partial charge >= 0.3 is 0 Å². The summed E-state index contributed by atoms with van der Waals surface area (Å²) in [6, 6.07) is 12.5. The lowest BCUT2D eigenvalue weighted by Crippen LogP contribution is -1.96. The van der Waals surface area contributed by atoms with E-state index < -0.39 is 0 Å². The Hall–Kier alpha value is -1.65. The van der Waals surface area contributed by atoms with Crippen molar-refractivity contribution in [2.24, 2.45) is 12.8 Å². The molecule has 0 atom stereocenters. The van der Waals surface area contributed by atoms with E-state index in [9.17, 15) is 0 Å². The average molecular weight is 330 g/mol. The topological polar surface area (TPSA) is 43.8 Å². The number of rotatable bonds is 2. The summed E-state index contributed by atoms with van der Waals surface area (Å²) in [7, 11) is 2.04. The van der Waals surface area contributed by atoms with Crippen LogP contribution in [0.4, 0.5) is 0 Å². The monoisotopic (exact) mass is 329 g/mol. The minimum atomic E-state index is 0.538. The zero-order valence-corrected chi connectivity index (χ0v) is 13.1. The van der Waals surface area contributed by atoms with E-state index in [-0.39, 0.29) is 0 Å². The van der Waals surface area contributed by atoms with Crippen LogP contribution in [0.2, 0.25) is 0 Å². The number of halogens is 1. The molecule has 0 aliphatic heterocycles. The van der Waals surface area contributed by atoms with Gasteiger partial charge in [0.15, 0.2) is 0 Å². The third-order valence-corrected chi connectivity index (χ3v) is 4.20. The Morgan fingerprint density at radius 1 is 1.20 bits per heavy atom. The smallest absolute Gasteiger partial charge is 0.142 e. The molecular formula is C16H16BrN3.